The number of anilines is 1. The van der Waals surface area contributed by atoms with Gasteiger partial charge in [0.1, 0.15) is 6.61 Å². The minimum Gasteiger partial charge on any atom is -0.444 e. The summed E-state index contributed by atoms with van der Waals surface area (Å²) in [5.41, 5.74) is 1.68. The summed E-state index contributed by atoms with van der Waals surface area (Å²) in [6, 6.07) is 21.3. The molecule has 0 saturated heterocycles. The van der Waals surface area contributed by atoms with Gasteiger partial charge >= 0.3 is 6.09 Å². The van der Waals surface area contributed by atoms with Crippen molar-refractivity contribution in [1.82, 2.24) is 0 Å². The summed E-state index contributed by atoms with van der Waals surface area (Å²) in [6.07, 6.45) is -0.466. The molecule has 3 nitrogen and oxygen atoms in total. The number of carbonyl (C=O) groups is 1. The molecule has 0 aliphatic rings. The fourth-order valence-corrected chi connectivity index (χ4v) is 2.86. The summed E-state index contributed by atoms with van der Waals surface area (Å²) >= 11 is 3.52. The number of halogens is 1. The van der Waals surface area contributed by atoms with Gasteiger partial charge in [-0.1, -0.05) is 70.5 Å². The molecule has 0 heterocycles. The molecule has 0 fully saturated rings. The predicted molar refractivity (Wildman–Crippen MR) is 91.9 cm³/mol. The highest BCUT2D eigenvalue weighted by Gasteiger charge is 2.09. The van der Waals surface area contributed by atoms with Gasteiger partial charge in [0.2, 0.25) is 0 Å². The highest BCUT2D eigenvalue weighted by atomic mass is 79.9. The van der Waals surface area contributed by atoms with Crippen LogP contribution in [0.4, 0.5) is 10.5 Å². The molecule has 0 aromatic heterocycles. The molecule has 110 valence electrons. The standard InChI is InChI=1S/C18H14BrNO2/c19-15-10-4-8-14-9-5-11-16(17(14)15)20-18(21)22-12-13-6-2-1-3-7-13/h1-11H,12H2,(H,20,21). The van der Waals surface area contributed by atoms with Crippen LogP contribution in [-0.2, 0) is 11.3 Å². The Balaban J connectivity index is 1.74. The van der Waals surface area contributed by atoms with Gasteiger partial charge in [0.05, 0.1) is 5.69 Å². The molecule has 0 atom stereocenters. The number of fused-ring (bicyclic) bond motifs is 1. The van der Waals surface area contributed by atoms with Gasteiger partial charge in [-0.05, 0) is 23.1 Å². The van der Waals surface area contributed by atoms with Crippen LogP contribution in [0.1, 0.15) is 5.56 Å². The summed E-state index contributed by atoms with van der Waals surface area (Å²) in [5.74, 6) is 0. The van der Waals surface area contributed by atoms with E-state index in [2.05, 4.69) is 21.2 Å². The van der Waals surface area contributed by atoms with Crippen LogP contribution in [0.2, 0.25) is 0 Å². The first-order valence-corrected chi connectivity index (χ1v) is 7.68. The molecule has 1 amide bonds. The Morgan fingerprint density at radius 1 is 0.955 bits per heavy atom. The van der Waals surface area contributed by atoms with Crippen molar-refractivity contribution in [1.29, 1.82) is 0 Å². The highest BCUT2D eigenvalue weighted by Crippen LogP contribution is 2.30. The van der Waals surface area contributed by atoms with Gasteiger partial charge in [-0.3, -0.25) is 5.32 Å². The fourth-order valence-electron chi connectivity index (χ4n) is 2.27. The van der Waals surface area contributed by atoms with E-state index in [-0.39, 0.29) is 6.61 Å². The summed E-state index contributed by atoms with van der Waals surface area (Å²) in [5, 5.41) is 4.82. The molecule has 3 aromatic carbocycles. The molecule has 0 saturated carbocycles. The Morgan fingerprint density at radius 2 is 1.68 bits per heavy atom. The van der Waals surface area contributed by atoms with E-state index in [0.29, 0.717) is 0 Å². The maximum Gasteiger partial charge on any atom is 0.411 e. The number of benzene rings is 3. The van der Waals surface area contributed by atoms with Crippen LogP contribution in [-0.4, -0.2) is 6.09 Å². The molecule has 1 N–H and O–H groups in total. The third-order valence-corrected chi connectivity index (χ3v) is 3.96. The van der Waals surface area contributed by atoms with Gasteiger partial charge in [0.25, 0.3) is 0 Å². The van der Waals surface area contributed by atoms with E-state index in [9.17, 15) is 4.79 Å². The van der Waals surface area contributed by atoms with Crippen LogP contribution in [0.3, 0.4) is 0 Å². The fraction of sp³-hybridized carbons (Fsp3) is 0.0556. The number of carbonyl (C=O) groups excluding carboxylic acids is 1. The van der Waals surface area contributed by atoms with Gasteiger partial charge < -0.3 is 4.74 Å². The quantitative estimate of drug-likeness (QED) is 0.687. The van der Waals surface area contributed by atoms with Crippen molar-refractivity contribution in [3.05, 3.63) is 76.8 Å². The lowest BCUT2D eigenvalue weighted by Gasteiger charge is -2.10. The molecule has 0 unspecified atom stereocenters. The van der Waals surface area contributed by atoms with E-state index in [1.54, 1.807) is 0 Å². The molecule has 22 heavy (non-hydrogen) atoms. The zero-order valence-electron chi connectivity index (χ0n) is 11.8. The number of hydrogen-bond acceptors (Lipinski definition) is 2. The van der Waals surface area contributed by atoms with Crippen LogP contribution < -0.4 is 5.32 Å². The second-order valence-electron chi connectivity index (χ2n) is 4.83. The van der Waals surface area contributed by atoms with E-state index in [4.69, 9.17) is 4.74 Å². The van der Waals surface area contributed by atoms with Gasteiger partial charge in [-0.15, -0.1) is 0 Å². The SMILES string of the molecule is O=C(Nc1cccc2cccc(Br)c12)OCc1ccccc1. The van der Waals surface area contributed by atoms with E-state index in [1.165, 1.54) is 0 Å². The predicted octanol–water partition coefficient (Wildman–Crippen LogP) is 5.35. The molecular weight excluding hydrogens is 342 g/mol. The Bertz CT molecular complexity index is 797. The van der Waals surface area contributed by atoms with Crippen molar-refractivity contribution < 1.29 is 9.53 Å². The lowest BCUT2D eigenvalue weighted by Crippen LogP contribution is -2.13. The van der Waals surface area contributed by atoms with Crippen LogP contribution >= 0.6 is 15.9 Å². The normalized spacial score (nSPS) is 10.4. The largest absolute Gasteiger partial charge is 0.444 e. The molecule has 3 aromatic rings. The third-order valence-electron chi connectivity index (χ3n) is 3.30. The van der Waals surface area contributed by atoms with E-state index in [0.717, 1.165) is 26.5 Å². The van der Waals surface area contributed by atoms with Crippen LogP contribution in [0.25, 0.3) is 10.8 Å². The first-order chi connectivity index (χ1) is 10.7. The molecule has 0 aliphatic carbocycles. The molecule has 0 bridgehead atoms. The number of ether oxygens (including phenoxy) is 1. The third kappa shape index (κ3) is 3.28. The van der Waals surface area contributed by atoms with E-state index in [1.807, 2.05) is 66.7 Å². The van der Waals surface area contributed by atoms with Crippen molar-refractivity contribution in [2.75, 3.05) is 5.32 Å². The second-order valence-corrected chi connectivity index (χ2v) is 5.68. The summed E-state index contributed by atoms with van der Waals surface area (Å²) in [4.78, 5) is 12.0. The molecular formula is C18H14BrNO2. The maximum absolute atomic E-state index is 12.0. The Morgan fingerprint density at radius 3 is 2.45 bits per heavy atom. The van der Waals surface area contributed by atoms with E-state index >= 15 is 0 Å². The van der Waals surface area contributed by atoms with Crippen LogP contribution in [0, 0.1) is 0 Å². The van der Waals surface area contributed by atoms with Crippen molar-refractivity contribution >= 4 is 38.5 Å². The van der Waals surface area contributed by atoms with Crippen LogP contribution in [0.15, 0.2) is 71.2 Å². The minimum atomic E-state index is -0.466. The lowest BCUT2D eigenvalue weighted by molar-refractivity contribution is 0.155. The summed E-state index contributed by atoms with van der Waals surface area (Å²) in [7, 11) is 0. The Labute approximate surface area is 137 Å². The van der Waals surface area contributed by atoms with Crippen LogP contribution in [0.5, 0.6) is 0 Å². The lowest BCUT2D eigenvalue weighted by atomic mass is 10.1. The molecule has 3 rings (SSSR count). The second kappa shape index (κ2) is 6.62. The molecule has 0 aliphatic heterocycles. The van der Waals surface area contributed by atoms with Gasteiger partial charge in [0, 0.05) is 9.86 Å². The molecule has 0 radical (unpaired) electrons. The minimum absolute atomic E-state index is 0.249. The van der Waals surface area contributed by atoms with Gasteiger partial charge in [-0.25, -0.2) is 4.79 Å². The zero-order valence-corrected chi connectivity index (χ0v) is 13.3. The van der Waals surface area contributed by atoms with Crippen molar-refractivity contribution in [3.63, 3.8) is 0 Å². The average Bonchev–Trinajstić information content (AvgIpc) is 2.54. The Kier molecular flexibility index (Phi) is 4.39. The number of nitrogens with one attached hydrogen (secondary N) is 1. The summed E-state index contributed by atoms with van der Waals surface area (Å²) < 4.78 is 6.19. The topological polar surface area (TPSA) is 38.3 Å². The number of amides is 1. The Hall–Kier alpha value is -2.33. The first-order valence-electron chi connectivity index (χ1n) is 6.89. The van der Waals surface area contributed by atoms with Gasteiger partial charge in [0.15, 0.2) is 0 Å². The zero-order chi connectivity index (χ0) is 15.4. The van der Waals surface area contributed by atoms with Crippen molar-refractivity contribution in [3.8, 4) is 0 Å². The van der Waals surface area contributed by atoms with Gasteiger partial charge in [-0.2, -0.15) is 0 Å². The smallest absolute Gasteiger partial charge is 0.411 e. The summed E-state index contributed by atoms with van der Waals surface area (Å²) in [6.45, 7) is 0.249. The van der Waals surface area contributed by atoms with Crippen molar-refractivity contribution in [2.24, 2.45) is 0 Å². The number of hydrogen-bond donors (Lipinski definition) is 1. The average molecular weight is 356 g/mol. The molecule has 0 spiro atoms. The van der Waals surface area contributed by atoms with Crippen molar-refractivity contribution in [2.45, 2.75) is 6.61 Å². The maximum atomic E-state index is 12.0. The highest BCUT2D eigenvalue weighted by molar-refractivity contribution is 9.10. The number of rotatable bonds is 3. The monoisotopic (exact) mass is 355 g/mol. The van der Waals surface area contributed by atoms with E-state index < -0.39 is 6.09 Å². The first kappa shape index (κ1) is 14.6. The molecule has 4 heteroatoms.